The predicted octanol–water partition coefficient (Wildman–Crippen LogP) is 3.41. The van der Waals surface area contributed by atoms with Gasteiger partial charge in [0.25, 0.3) is 0 Å². The van der Waals surface area contributed by atoms with Gasteiger partial charge in [0.1, 0.15) is 13.2 Å². The molecular weight excluding hydrogens is 381 g/mol. The van der Waals surface area contributed by atoms with Gasteiger partial charge in [-0.15, -0.1) is 0 Å². The van der Waals surface area contributed by atoms with E-state index < -0.39 is 6.67 Å². The lowest BCUT2D eigenvalue weighted by molar-refractivity contribution is -0.132. The second kappa shape index (κ2) is 11.8. The van der Waals surface area contributed by atoms with Gasteiger partial charge >= 0.3 is 0 Å². The molecular formula is C23H38FN5O. The summed E-state index contributed by atoms with van der Waals surface area (Å²) in [4.78, 5) is 19.2. The molecule has 6 nitrogen and oxygen atoms in total. The fourth-order valence-electron chi connectivity index (χ4n) is 3.78. The van der Waals surface area contributed by atoms with Crippen molar-refractivity contribution in [3.63, 3.8) is 0 Å². The van der Waals surface area contributed by atoms with E-state index in [0.717, 1.165) is 25.9 Å². The fraction of sp³-hybridized carbons (Fsp3) is 0.652. The molecule has 1 aliphatic rings. The Morgan fingerprint density at radius 1 is 1.13 bits per heavy atom. The number of amides is 1. The van der Waals surface area contributed by atoms with Crippen molar-refractivity contribution >= 4 is 23.0 Å². The summed E-state index contributed by atoms with van der Waals surface area (Å²) in [6, 6.07) is 6.64. The second-order valence-corrected chi connectivity index (χ2v) is 7.96. The molecule has 0 aromatic heterocycles. The average molecular weight is 420 g/mol. The van der Waals surface area contributed by atoms with Crippen molar-refractivity contribution in [2.45, 2.75) is 40.0 Å². The topological polar surface area (TPSA) is 42.4 Å². The van der Waals surface area contributed by atoms with Gasteiger partial charge in [0.05, 0.1) is 5.71 Å². The molecule has 1 heterocycles. The van der Waals surface area contributed by atoms with Crippen LogP contribution < -0.4 is 9.80 Å². The molecule has 0 radical (unpaired) electrons. The predicted molar refractivity (Wildman–Crippen MR) is 125 cm³/mol. The van der Waals surface area contributed by atoms with Gasteiger partial charge in [-0.05, 0) is 37.5 Å². The van der Waals surface area contributed by atoms with Crippen molar-refractivity contribution in [3.8, 4) is 0 Å². The molecule has 0 spiro atoms. The SMILES string of the molecule is CCC/C(CF)=N\N(CC)CC(=O)N1CCN(c2ccc(CC)c(N(C)C)c2)CC1. The Bertz CT molecular complexity index is 714. The Kier molecular flexibility index (Phi) is 9.40. The van der Waals surface area contributed by atoms with E-state index in [1.54, 1.807) is 5.01 Å². The van der Waals surface area contributed by atoms with Gasteiger partial charge in [-0.3, -0.25) is 9.80 Å². The highest BCUT2D eigenvalue weighted by Gasteiger charge is 2.23. The van der Waals surface area contributed by atoms with Crippen LogP contribution in [0.1, 0.15) is 39.2 Å². The average Bonchev–Trinajstić information content (AvgIpc) is 2.77. The number of carbonyl (C=O) groups excluding carboxylic acids is 1. The zero-order valence-corrected chi connectivity index (χ0v) is 19.3. The number of hydrazone groups is 1. The summed E-state index contributed by atoms with van der Waals surface area (Å²) in [7, 11) is 4.15. The summed E-state index contributed by atoms with van der Waals surface area (Å²) in [6.07, 6.45) is 2.49. The first kappa shape index (κ1) is 24.0. The highest BCUT2D eigenvalue weighted by atomic mass is 19.1. The number of anilines is 2. The first-order valence-electron chi connectivity index (χ1n) is 11.1. The first-order valence-corrected chi connectivity index (χ1v) is 11.1. The van der Waals surface area contributed by atoms with Crippen LogP contribution in [0.5, 0.6) is 0 Å². The molecule has 0 atom stereocenters. The monoisotopic (exact) mass is 419 g/mol. The second-order valence-electron chi connectivity index (χ2n) is 7.96. The van der Waals surface area contributed by atoms with E-state index in [2.05, 4.69) is 54.1 Å². The molecule has 0 bridgehead atoms. The van der Waals surface area contributed by atoms with Crippen molar-refractivity contribution in [1.82, 2.24) is 9.91 Å². The van der Waals surface area contributed by atoms with E-state index in [-0.39, 0.29) is 12.5 Å². The minimum atomic E-state index is -0.553. The fourth-order valence-corrected chi connectivity index (χ4v) is 3.78. The highest BCUT2D eigenvalue weighted by Crippen LogP contribution is 2.27. The third-order valence-corrected chi connectivity index (χ3v) is 5.59. The van der Waals surface area contributed by atoms with Gasteiger partial charge in [0.15, 0.2) is 0 Å². The number of alkyl halides is 1. The molecule has 1 aliphatic heterocycles. The Hall–Kier alpha value is -2.31. The number of nitrogens with zero attached hydrogens (tertiary/aromatic N) is 5. The molecule has 1 saturated heterocycles. The van der Waals surface area contributed by atoms with Crippen molar-refractivity contribution in [1.29, 1.82) is 0 Å². The summed E-state index contributed by atoms with van der Waals surface area (Å²) in [5.74, 6) is 0.0604. The molecule has 0 saturated carbocycles. The van der Waals surface area contributed by atoms with Gasteiger partial charge < -0.3 is 14.7 Å². The molecule has 0 N–H and O–H groups in total. The normalized spacial score (nSPS) is 14.8. The van der Waals surface area contributed by atoms with Crippen LogP contribution in [0.4, 0.5) is 15.8 Å². The van der Waals surface area contributed by atoms with Crippen LogP contribution in [0, 0.1) is 0 Å². The van der Waals surface area contributed by atoms with Crippen LogP contribution in [-0.4, -0.2) is 81.6 Å². The lowest BCUT2D eigenvalue weighted by atomic mass is 10.1. The standard InChI is InChI=1S/C23H38FN5O/c1-6-9-20(17-24)25-29(8-3)18-23(30)28-14-12-27(13-15-28)21-11-10-19(7-2)22(16-21)26(4)5/h10-11,16H,6-9,12-15,17-18H2,1-5H3/b25-20+. The van der Waals surface area contributed by atoms with E-state index in [0.29, 0.717) is 31.8 Å². The van der Waals surface area contributed by atoms with E-state index in [4.69, 9.17) is 0 Å². The van der Waals surface area contributed by atoms with Gasteiger partial charge in [-0.2, -0.15) is 5.10 Å². The largest absolute Gasteiger partial charge is 0.377 e. The zero-order valence-electron chi connectivity index (χ0n) is 19.3. The third-order valence-electron chi connectivity index (χ3n) is 5.59. The van der Waals surface area contributed by atoms with E-state index in [9.17, 15) is 9.18 Å². The Labute approximate surface area is 181 Å². The number of piperazine rings is 1. The molecule has 1 aromatic carbocycles. The molecule has 168 valence electrons. The summed E-state index contributed by atoms with van der Waals surface area (Å²) < 4.78 is 13.1. The van der Waals surface area contributed by atoms with Crippen LogP contribution in [0.15, 0.2) is 23.3 Å². The van der Waals surface area contributed by atoms with Crippen molar-refractivity contribution in [2.75, 3.05) is 69.8 Å². The molecule has 1 amide bonds. The highest BCUT2D eigenvalue weighted by molar-refractivity contribution is 5.85. The number of rotatable bonds is 10. The smallest absolute Gasteiger partial charge is 0.243 e. The van der Waals surface area contributed by atoms with Gasteiger partial charge in [0.2, 0.25) is 5.91 Å². The summed E-state index contributed by atoms with van der Waals surface area (Å²) in [6.45, 7) is 9.38. The van der Waals surface area contributed by atoms with Crippen LogP contribution in [0.3, 0.4) is 0 Å². The third kappa shape index (κ3) is 6.34. The number of carbonyl (C=O) groups is 1. The number of halogens is 1. The minimum absolute atomic E-state index is 0.0604. The number of aryl methyl sites for hydroxylation is 1. The minimum Gasteiger partial charge on any atom is -0.377 e. The van der Waals surface area contributed by atoms with Gasteiger partial charge in [-0.25, -0.2) is 4.39 Å². The van der Waals surface area contributed by atoms with Crippen molar-refractivity contribution in [2.24, 2.45) is 5.10 Å². The maximum Gasteiger partial charge on any atom is 0.243 e. The lowest BCUT2D eigenvalue weighted by Crippen LogP contribution is -2.51. The molecule has 1 aromatic rings. The Morgan fingerprint density at radius 2 is 1.83 bits per heavy atom. The van der Waals surface area contributed by atoms with Crippen LogP contribution in [-0.2, 0) is 11.2 Å². The first-order chi connectivity index (χ1) is 14.4. The van der Waals surface area contributed by atoms with Crippen LogP contribution in [0.25, 0.3) is 0 Å². The summed E-state index contributed by atoms with van der Waals surface area (Å²) >= 11 is 0. The van der Waals surface area contributed by atoms with E-state index >= 15 is 0 Å². The van der Waals surface area contributed by atoms with Crippen LogP contribution >= 0.6 is 0 Å². The van der Waals surface area contributed by atoms with E-state index in [1.807, 2.05) is 18.7 Å². The molecule has 1 fully saturated rings. The maximum atomic E-state index is 13.1. The molecule has 0 unspecified atom stereocenters. The number of hydrogen-bond donors (Lipinski definition) is 0. The Balaban J connectivity index is 1.96. The molecule has 30 heavy (non-hydrogen) atoms. The Morgan fingerprint density at radius 3 is 2.37 bits per heavy atom. The zero-order chi connectivity index (χ0) is 22.1. The molecule has 7 heteroatoms. The maximum absolute atomic E-state index is 13.1. The number of benzene rings is 1. The molecule has 0 aliphatic carbocycles. The van der Waals surface area contributed by atoms with Crippen molar-refractivity contribution in [3.05, 3.63) is 23.8 Å². The number of likely N-dealkylation sites (N-methyl/N-ethyl adjacent to an activating group) is 1. The molecule has 2 rings (SSSR count). The van der Waals surface area contributed by atoms with Gasteiger partial charge in [-0.1, -0.05) is 26.3 Å². The number of hydrogen-bond acceptors (Lipinski definition) is 5. The van der Waals surface area contributed by atoms with E-state index in [1.165, 1.54) is 16.9 Å². The lowest BCUT2D eigenvalue weighted by Gasteiger charge is -2.37. The van der Waals surface area contributed by atoms with Crippen LogP contribution in [0.2, 0.25) is 0 Å². The quantitative estimate of drug-likeness (QED) is 0.431. The summed E-state index contributed by atoms with van der Waals surface area (Å²) in [5, 5.41) is 6.04. The van der Waals surface area contributed by atoms with Gasteiger partial charge in [0, 0.05) is 58.2 Å². The van der Waals surface area contributed by atoms with Crippen molar-refractivity contribution < 1.29 is 9.18 Å². The summed E-state index contributed by atoms with van der Waals surface area (Å²) in [5.41, 5.74) is 4.31.